The number of anilines is 1. The minimum Gasteiger partial charge on any atom is -0.404 e. The summed E-state index contributed by atoms with van der Waals surface area (Å²) in [7, 11) is 0. The van der Waals surface area contributed by atoms with Gasteiger partial charge in [-0.05, 0) is 38.8 Å². The number of alkyl halides is 3. The van der Waals surface area contributed by atoms with Gasteiger partial charge in [0.2, 0.25) is 0 Å². The highest BCUT2D eigenvalue weighted by atomic mass is 19.4. The summed E-state index contributed by atoms with van der Waals surface area (Å²) in [5, 5.41) is 11.8. The summed E-state index contributed by atoms with van der Waals surface area (Å²) in [6.45, 7) is 4.26. The summed E-state index contributed by atoms with van der Waals surface area (Å²) in [6, 6.07) is 8.16. The largest absolute Gasteiger partial charge is 0.573 e. The fraction of sp³-hybridized carbons (Fsp3) is 0.533. The molecule has 1 aromatic rings. The van der Waals surface area contributed by atoms with Crippen molar-refractivity contribution in [3.8, 4) is 11.8 Å². The number of hydrogen-bond acceptors (Lipinski definition) is 3. The Hall–Kier alpha value is -1.90. The monoisotopic (exact) mass is 300 g/mol. The number of rotatable bonds is 7. The Morgan fingerprint density at radius 2 is 1.86 bits per heavy atom. The standard InChI is InChI=1S/C15H19F3N2O/c1-14(2,11-19)9-5-6-10-20-12-7-3-4-8-13(12)21-15(16,17)18/h3-4,7-8,20H,5-6,9-10H2,1-2H3. The van der Waals surface area contributed by atoms with Gasteiger partial charge in [-0.1, -0.05) is 18.6 Å². The zero-order valence-electron chi connectivity index (χ0n) is 12.1. The quantitative estimate of drug-likeness (QED) is 0.741. The molecule has 0 unspecified atom stereocenters. The first-order chi connectivity index (χ1) is 9.73. The van der Waals surface area contributed by atoms with Gasteiger partial charge in [0.25, 0.3) is 0 Å². The molecule has 0 saturated heterocycles. The highest BCUT2D eigenvalue weighted by Gasteiger charge is 2.32. The van der Waals surface area contributed by atoms with Gasteiger partial charge in [0.05, 0.1) is 17.2 Å². The molecule has 0 heterocycles. The maximum Gasteiger partial charge on any atom is 0.573 e. The average Bonchev–Trinajstić information content (AvgIpc) is 2.38. The minimum atomic E-state index is -4.70. The zero-order chi connectivity index (χ0) is 15.9. The van der Waals surface area contributed by atoms with Gasteiger partial charge < -0.3 is 10.1 Å². The lowest BCUT2D eigenvalue weighted by molar-refractivity contribution is -0.274. The summed E-state index contributed by atoms with van der Waals surface area (Å²) in [4.78, 5) is 0. The van der Waals surface area contributed by atoms with Gasteiger partial charge in [0.15, 0.2) is 5.75 Å². The molecule has 116 valence electrons. The molecule has 0 spiro atoms. The van der Waals surface area contributed by atoms with Gasteiger partial charge in [-0.25, -0.2) is 0 Å². The Labute approximate surface area is 122 Å². The molecular weight excluding hydrogens is 281 g/mol. The topological polar surface area (TPSA) is 45.0 Å². The number of halogens is 3. The van der Waals surface area contributed by atoms with E-state index in [1.165, 1.54) is 12.1 Å². The molecule has 0 amide bonds. The second kappa shape index (κ2) is 7.21. The number of unbranched alkanes of at least 4 members (excludes halogenated alkanes) is 1. The maximum atomic E-state index is 12.3. The lowest BCUT2D eigenvalue weighted by Crippen LogP contribution is -2.18. The van der Waals surface area contributed by atoms with E-state index in [1.807, 2.05) is 13.8 Å². The third-order valence-electron chi connectivity index (χ3n) is 2.96. The molecule has 1 aromatic carbocycles. The molecule has 3 nitrogen and oxygen atoms in total. The van der Waals surface area contributed by atoms with E-state index in [-0.39, 0.29) is 11.2 Å². The molecule has 0 aliphatic heterocycles. The molecule has 0 aliphatic rings. The van der Waals surface area contributed by atoms with Gasteiger partial charge in [-0.3, -0.25) is 0 Å². The normalized spacial score (nSPS) is 11.8. The maximum absolute atomic E-state index is 12.3. The van der Waals surface area contributed by atoms with Crippen LogP contribution in [0.5, 0.6) is 5.75 Å². The van der Waals surface area contributed by atoms with Crippen molar-refractivity contribution in [1.29, 1.82) is 5.26 Å². The van der Waals surface area contributed by atoms with Crippen molar-refractivity contribution in [3.63, 3.8) is 0 Å². The number of nitriles is 1. The number of hydrogen-bond donors (Lipinski definition) is 1. The number of ether oxygens (including phenoxy) is 1. The average molecular weight is 300 g/mol. The van der Waals surface area contributed by atoms with Crippen molar-refractivity contribution < 1.29 is 17.9 Å². The second-order valence-corrected chi connectivity index (χ2v) is 5.42. The van der Waals surface area contributed by atoms with Crippen LogP contribution in [-0.4, -0.2) is 12.9 Å². The summed E-state index contributed by atoms with van der Waals surface area (Å²) in [5.41, 5.74) is -0.0496. The van der Waals surface area contributed by atoms with Gasteiger partial charge in [-0.15, -0.1) is 13.2 Å². The van der Waals surface area contributed by atoms with Crippen LogP contribution in [0.4, 0.5) is 18.9 Å². The smallest absolute Gasteiger partial charge is 0.404 e. The summed E-state index contributed by atoms with van der Waals surface area (Å²) in [6.07, 6.45) is -2.35. The Kier molecular flexibility index (Phi) is 5.89. The molecule has 0 aliphatic carbocycles. The SMILES string of the molecule is CC(C)(C#N)CCCCNc1ccccc1OC(F)(F)F. The van der Waals surface area contributed by atoms with Gasteiger partial charge in [0.1, 0.15) is 0 Å². The van der Waals surface area contributed by atoms with E-state index in [4.69, 9.17) is 5.26 Å². The van der Waals surface area contributed by atoms with Crippen LogP contribution < -0.4 is 10.1 Å². The van der Waals surface area contributed by atoms with Crippen molar-refractivity contribution >= 4 is 5.69 Å². The molecule has 0 radical (unpaired) electrons. The molecular formula is C15H19F3N2O. The number of benzene rings is 1. The van der Waals surface area contributed by atoms with E-state index in [0.717, 1.165) is 19.3 Å². The first-order valence-corrected chi connectivity index (χ1v) is 6.73. The Morgan fingerprint density at radius 1 is 1.19 bits per heavy atom. The van der Waals surface area contributed by atoms with Crippen molar-refractivity contribution in [3.05, 3.63) is 24.3 Å². The van der Waals surface area contributed by atoms with Gasteiger partial charge in [-0.2, -0.15) is 5.26 Å². The van der Waals surface area contributed by atoms with E-state index in [1.54, 1.807) is 12.1 Å². The van der Waals surface area contributed by atoms with Gasteiger partial charge >= 0.3 is 6.36 Å². The van der Waals surface area contributed by atoms with E-state index in [9.17, 15) is 13.2 Å². The molecule has 6 heteroatoms. The van der Waals surface area contributed by atoms with E-state index >= 15 is 0 Å². The van der Waals surface area contributed by atoms with Crippen molar-refractivity contribution in [1.82, 2.24) is 0 Å². The number of para-hydroxylation sites is 2. The summed E-state index contributed by atoms with van der Waals surface area (Å²) < 4.78 is 40.7. The first kappa shape index (κ1) is 17.2. The van der Waals surface area contributed by atoms with E-state index in [0.29, 0.717) is 12.2 Å². The Bertz CT molecular complexity index is 492. The lowest BCUT2D eigenvalue weighted by atomic mass is 9.89. The van der Waals surface area contributed by atoms with Crippen LogP contribution in [0.25, 0.3) is 0 Å². The highest BCUT2D eigenvalue weighted by molar-refractivity contribution is 5.56. The Balaban J connectivity index is 2.44. The molecule has 1 rings (SSSR count). The van der Waals surface area contributed by atoms with Gasteiger partial charge in [0, 0.05) is 6.54 Å². The molecule has 0 bridgehead atoms. The highest BCUT2D eigenvalue weighted by Crippen LogP contribution is 2.30. The van der Waals surface area contributed by atoms with Crippen LogP contribution in [0.15, 0.2) is 24.3 Å². The second-order valence-electron chi connectivity index (χ2n) is 5.42. The Morgan fingerprint density at radius 3 is 2.48 bits per heavy atom. The molecule has 0 saturated carbocycles. The molecule has 0 aromatic heterocycles. The summed E-state index contributed by atoms with van der Waals surface area (Å²) >= 11 is 0. The fourth-order valence-corrected chi connectivity index (χ4v) is 1.80. The predicted molar refractivity (Wildman–Crippen MR) is 74.9 cm³/mol. The van der Waals surface area contributed by atoms with Crippen LogP contribution in [0.1, 0.15) is 33.1 Å². The van der Waals surface area contributed by atoms with Crippen LogP contribution in [0.2, 0.25) is 0 Å². The van der Waals surface area contributed by atoms with Crippen LogP contribution >= 0.6 is 0 Å². The van der Waals surface area contributed by atoms with Crippen molar-refractivity contribution in [2.45, 2.75) is 39.5 Å². The van der Waals surface area contributed by atoms with Crippen LogP contribution in [0, 0.1) is 16.7 Å². The number of nitrogens with zero attached hydrogens (tertiary/aromatic N) is 1. The third-order valence-corrected chi connectivity index (χ3v) is 2.96. The van der Waals surface area contributed by atoms with Crippen molar-refractivity contribution in [2.24, 2.45) is 5.41 Å². The zero-order valence-corrected chi connectivity index (χ0v) is 12.1. The molecule has 0 fully saturated rings. The van der Waals surface area contributed by atoms with Crippen LogP contribution in [-0.2, 0) is 0 Å². The van der Waals surface area contributed by atoms with Crippen molar-refractivity contribution in [2.75, 3.05) is 11.9 Å². The van der Waals surface area contributed by atoms with E-state index in [2.05, 4.69) is 16.1 Å². The van der Waals surface area contributed by atoms with Crippen LogP contribution in [0.3, 0.4) is 0 Å². The van der Waals surface area contributed by atoms with E-state index < -0.39 is 6.36 Å². The molecule has 0 atom stereocenters. The molecule has 1 N–H and O–H groups in total. The first-order valence-electron chi connectivity index (χ1n) is 6.73. The number of nitrogens with one attached hydrogen (secondary N) is 1. The fourth-order valence-electron chi connectivity index (χ4n) is 1.80. The molecule has 21 heavy (non-hydrogen) atoms. The third kappa shape index (κ3) is 6.89. The lowest BCUT2D eigenvalue weighted by Gasteiger charge is -2.16. The summed E-state index contributed by atoms with van der Waals surface area (Å²) in [5.74, 6) is -0.234. The predicted octanol–water partition coefficient (Wildman–Crippen LogP) is 4.72. The minimum absolute atomic E-state index is 0.234.